The van der Waals surface area contributed by atoms with Gasteiger partial charge in [0.1, 0.15) is 0 Å². The molecular weight excluding hydrogens is 344 g/mol. The Hall–Kier alpha value is -2.74. The number of piperidine rings is 1. The Morgan fingerprint density at radius 1 is 1.26 bits per heavy atom. The summed E-state index contributed by atoms with van der Waals surface area (Å²) in [4.78, 5) is 26.4. The minimum Gasteiger partial charge on any atom is -0.342 e. The van der Waals surface area contributed by atoms with Crippen molar-refractivity contribution in [2.75, 3.05) is 26.2 Å². The predicted molar refractivity (Wildman–Crippen MR) is 101 cm³/mol. The van der Waals surface area contributed by atoms with Gasteiger partial charge in [0, 0.05) is 13.1 Å². The first-order chi connectivity index (χ1) is 13.2. The second kappa shape index (κ2) is 9.27. The molecule has 1 aliphatic rings. The minimum atomic E-state index is -0.376. The molecule has 2 aromatic rings. The van der Waals surface area contributed by atoms with Crippen molar-refractivity contribution >= 4 is 11.8 Å². The van der Waals surface area contributed by atoms with Gasteiger partial charge < -0.3 is 15.5 Å². The summed E-state index contributed by atoms with van der Waals surface area (Å²) in [5.41, 5.74) is 1.30. The maximum atomic E-state index is 12.4. The number of amides is 2. The number of nitrogens with zero attached hydrogens (tertiary/aromatic N) is 4. The van der Waals surface area contributed by atoms with Gasteiger partial charge in [-0.15, -0.1) is 5.10 Å². The zero-order valence-corrected chi connectivity index (χ0v) is 15.6. The molecule has 1 fully saturated rings. The van der Waals surface area contributed by atoms with Crippen LogP contribution in [0.15, 0.2) is 36.5 Å². The third-order valence-corrected chi connectivity index (χ3v) is 4.78. The van der Waals surface area contributed by atoms with Crippen molar-refractivity contribution in [1.29, 1.82) is 0 Å². The molecule has 1 aliphatic heterocycles. The zero-order valence-electron chi connectivity index (χ0n) is 15.6. The highest BCUT2D eigenvalue weighted by atomic mass is 16.2. The quantitative estimate of drug-likeness (QED) is 0.758. The van der Waals surface area contributed by atoms with Gasteiger partial charge in [0.05, 0.1) is 18.8 Å². The fourth-order valence-corrected chi connectivity index (χ4v) is 3.17. The van der Waals surface area contributed by atoms with E-state index in [1.165, 1.54) is 0 Å². The molecule has 0 atom stereocenters. The summed E-state index contributed by atoms with van der Waals surface area (Å²) >= 11 is 0. The molecule has 27 heavy (non-hydrogen) atoms. The molecule has 1 saturated heterocycles. The Balaban J connectivity index is 1.51. The van der Waals surface area contributed by atoms with E-state index in [-0.39, 0.29) is 30.1 Å². The van der Waals surface area contributed by atoms with E-state index >= 15 is 0 Å². The number of hydrogen-bond acceptors (Lipinski definition) is 5. The molecule has 0 spiro atoms. The topological polar surface area (TPSA) is 92.2 Å². The van der Waals surface area contributed by atoms with Crippen LogP contribution in [0.2, 0.25) is 0 Å². The van der Waals surface area contributed by atoms with Crippen molar-refractivity contribution in [3.05, 3.63) is 47.8 Å². The zero-order chi connectivity index (χ0) is 19.1. The number of nitrogens with one attached hydrogen (secondary N) is 2. The SMILES string of the molecule is CCN(Cc1ccccc1)C(=O)CNC(=O)c1cn(C2CCNCC2)nn1. The maximum absolute atomic E-state index is 12.4. The summed E-state index contributed by atoms with van der Waals surface area (Å²) in [5, 5.41) is 14.0. The number of carbonyl (C=O) groups is 2. The molecule has 2 amide bonds. The van der Waals surface area contributed by atoms with E-state index in [1.54, 1.807) is 15.8 Å². The monoisotopic (exact) mass is 370 g/mol. The first-order valence-electron chi connectivity index (χ1n) is 9.40. The van der Waals surface area contributed by atoms with Gasteiger partial charge in [0.15, 0.2) is 5.69 Å². The van der Waals surface area contributed by atoms with Crippen molar-refractivity contribution in [1.82, 2.24) is 30.5 Å². The molecule has 1 aromatic heterocycles. The Morgan fingerprint density at radius 3 is 2.70 bits per heavy atom. The first-order valence-corrected chi connectivity index (χ1v) is 9.40. The Kier molecular flexibility index (Phi) is 6.54. The van der Waals surface area contributed by atoms with Gasteiger partial charge in [-0.1, -0.05) is 35.5 Å². The summed E-state index contributed by atoms with van der Waals surface area (Å²) in [6.45, 7) is 4.85. The van der Waals surface area contributed by atoms with Crippen molar-refractivity contribution in [2.24, 2.45) is 0 Å². The smallest absolute Gasteiger partial charge is 0.273 e. The van der Waals surface area contributed by atoms with Crippen LogP contribution >= 0.6 is 0 Å². The molecule has 0 unspecified atom stereocenters. The number of rotatable bonds is 7. The third-order valence-electron chi connectivity index (χ3n) is 4.78. The molecule has 8 nitrogen and oxygen atoms in total. The van der Waals surface area contributed by atoms with Gasteiger partial charge in [-0.3, -0.25) is 9.59 Å². The summed E-state index contributed by atoms with van der Waals surface area (Å²) in [5.74, 6) is -0.500. The molecule has 1 aromatic carbocycles. The van der Waals surface area contributed by atoms with Crippen LogP contribution in [0.25, 0.3) is 0 Å². The Morgan fingerprint density at radius 2 is 2.00 bits per heavy atom. The van der Waals surface area contributed by atoms with E-state index in [0.717, 1.165) is 31.5 Å². The second-order valence-corrected chi connectivity index (χ2v) is 6.64. The predicted octanol–water partition coefficient (Wildman–Crippen LogP) is 0.981. The average molecular weight is 370 g/mol. The van der Waals surface area contributed by atoms with Gasteiger partial charge in [-0.25, -0.2) is 4.68 Å². The maximum Gasteiger partial charge on any atom is 0.273 e. The van der Waals surface area contributed by atoms with Crippen molar-refractivity contribution in [3.8, 4) is 0 Å². The number of likely N-dealkylation sites (N-methyl/N-ethyl adjacent to an activating group) is 1. The van der Waals surface area contributed by atoms with Crippen LogP contribution in [0, 0.1) is 0 Å². The third kappa shape index (κ3) is 5.13. The molecule has 2 heterocycles. The number of benzene rings is 1. The molecule has 144 valence electrons. The van der Waals surface area contributed by atoms with Gasteiger partial charge in [0.25, 0.3) is 5.91 Å². The van der Waals surface area contributed by atoms with Crippen molar-refractivity contribution < 1.29 is 9.59 Å². The summed E-state index contributed by atoms with van der Waals surface area (Å²) in [7, 11) is 0. The van der Waals surface area contributed by atoms with Gasteiger partial charge in [0.2, 0.25) is 5.91 Å². The van der Waals surface area contributed by atoms with E-state index < -0.39 is 0 Å². The van der Waals surface area contributed by atoms with Crippen LogP contribution < -0.4 is 10.6 Å². The van der Waals surface area contributed by atoms with E-state index in [0.29, 0.717) is 13.1 Å². The normalized spacial score (nSPS) is 14.7. The standard InChI is InChI=1S/C19H26N6O2/c1-2-24(13-15-6-4-3-5-7-15)18(26)12-21-19(27)17-14-25(23-22-17)16-8-10-20-11-9-16/h3-7,14,16,20H,2,8-13H2,1H3,(H,21,27). The first kappa shape index (κ1) is 19.0. The lowest BCUT2D eigenvalue weighted by Crippen LogP contribution is -2.39. The molecule has 2 N–H and O–H groups in total. The van der Waals surface area contributed by atoms with Gasteiger partial charge in [-0.05, 0) is 38.4 Å². The van der Waals surface area contributed by atoms with Crippen LogP contribution in [0.1, 0.15) is 41.9 Å². The summed E-state index contributed by atoms with van der Waals surface area (Å²) in [6, 6.07) is 10.1. The van der Waals surface area contributed by atoms with E-state index in [4.69, 9.17) is 0 Å². The molecule has 3 rings (SSSR count). The van der Waals surface area contributed by atoms with E-state index in [9.17, 15) is 9.59 Å². The number of hydrogen-bond donors (Lipinski definition) is 2. The van der Waals surface area contributed by atoms with Gasteiger partial charge >= 0.3 is 0 Å². The van der Waals surface area contributed by atoms with Crippen molar-refractivity contribution in [2.45, 2.75) is 32.4 Å². The highest BCUT2D eigenvalue weighted by Crippen LogP contribution is 2.17. The molecule has 8 heteroatoms. The van der Waals surface area contributed by atoms with Crippen LogP contribution in [-0.4, -0.2) is 57.9 Å². The fourth-order valence-electron chi connectivity index (χ4n) is 3.17. The molecule has 0 aliphatic carbocycles. The largest absolute Gasteiger partial charge is 0.342 e. The molecular formula is C19H26N6O2. The van der Waals surface area contributed by atoms with Crippen LogP contribution in [0.3, 0.4) is 0 Å². The fraction of sp³-hybridized carbons (Fsp3) is 0.474. The highest BCUT2D eigenvalue weighted by molar-refractivity contribution is 5.94. The Labute approximate surface area is 158 Å². The lowest BCUT2D eigenvalue weighted by atomic mass is 10.1. The highest BCUT2D eigenvalue weighted by Gasteiger charge is 2.20. The van der Waals surface area contributed by atoms with Crippen molar-refractivity contribution in [3.63, 3.8) is 0 Å². The molecule has 0 radical (unpaired) electrons. The summed E-state index contributed by atoms with van der Waals surface area (Å²) < 4.78 is 1.76. The minimum absolute atomic E-state index is 0.0558. The van der Waals surface area contributed by atoms with Crippen LogP contribution in [-0.2, 0) is 11.3 Å². The lowest BCUT2D eigenvalue weighted by molar-refractivity contribution is -0.130. The molecule has 0 bridgehead atoms. The van der Waals surface area contributed by atoms with Crippen LogP contribution in [0.5, 0.6) is 0 Å². The van der Waals surface area contributed by atoms with Crippen LogP contribution in [0.4, 0.5) is 0 Å². The molecule has 0 saturated carbocycles. The lowest BCUT2D eigenvalue weighted by Gasteiger charge is -2.22. The average Bonchev–Trinajstić information content (AvgIpc) is 3.22. The van der Waals surface area contributed by atoms with E-state index in [2.05, 4.69) is 20.9 Å². The second-order valence-electron chi connectivity index (χ2n) is 6.64. The number of aromatic nitrogens is 3. The summed E-state index contributed by atoms with van der Waals surface area (Å²) in [6.07, 6.45) is 3.60. The Bertz CT molecular complexity index is 755. The van der Waals surface area contributed by atoms with E-state index in [1.807, 2.05) is 37.3 Å². The van der Waals surface area contributed by atoms with Gasteiger partial charge in [-0.2, -0.15) is 0 Å². The number of carbonyl (C=O) groups excluding carboxylic acids is 2.